The first-order valence-corrected chi connectivity index (χ1v) is 7.97. The molecule has 23 heavy (non-hydrogen) atoms. The van der Waals surface area contributed by atoms with Gasteiger partial charge in [0.15, 0.2) is 0 Å². The van der Waals surface area contributed by atoms with Crippen molar-refractivity contribution in [3.63, 3.8) is 0 Å². The van der Waals surface area contributed by atoms with Crippen LogP contribution in [0.5, 0.6) is 5.75 Å². The molecule has 2 aromatic rings. The number of carbonyl (C=O) groups excluding carboxylic acids is 1. The van der Waals surface area contributed by atoms with E-state index < -0.39 is 0 Å². The Bertz CT molecular complexity index is 692. The highest BCUT2D eigenvalue weighted by Gasteiger charge is 2.18. The van der Waals surface area contributed by atoms with Crippen LogP contribution in [0.15, 0.2) is 36.5 Å². The average molecular weight is 311 g/mol. The molecular formula is C18H21N3O2. The average Bonchev–Trinajstić information content (AvgIpc) is 2.62. The van der Waals surface area contributed by atoms with Gasteiger partial charge in [0.05, 0.1) is 11.3 Å². The lowest BCUT2D eigenvalue weighted by Crippen LogP contribution is -2.46. The third kappa shape index (κ3) is 3.35. The van der Waals surface area contributed by atoms with Gasteiger partial charge in [0.2, 0.25) is 0 Å². The fourth-order valence-corrected chi connectivity index (χ4v) is 2.77. The van der Waals surface area contributed by atoms with E-state index in [1.165, 1.54) is 0 Å². The molecule has 2 N–H and O–H groups in total. The normalized spacial score (nSPS) is 14.7. The fraction of sp³-hybridized carbons (Fsp3) is 0.333. The third-order valence-corrected chi connectivity index (χ3v) is 4.17. The summed E-state index contributed by atoms with van der Waals surface area (Å²) in [5, 5.41) is 13.0. The zero-order valence-corrected chi connectivity index (χ0v) is 13.2. The lowest BCUT2D eigenvalue weighted by molar-refractivity contribution is 0.0735. The highest BCUT2D eigenvalue weighted by Crippen LogP contribution is 2.25. The van der Waals surface area contributed by atoms with Gasteiger partial charge in [-0.05, 0) is 42.3 Å². The number of aromatic hydroxyl groups is 1. The van der Waals surface area contributed by atoms with Crippen molar-refractivity contribution in [2.75, 3.05) is 26.2 Å². The molecule has 1 aliphatic heterocycles. The van der Waals surface area contributed by atoms with Crippen LogP contribution in [0, 0.1) is 0 Å². The third-order valence-electron chi connectivity index (χ3n) is 4.17. The standard InChI is InChI=1S/C18H21N3O2/c1-2-13-11-14(4-6-17(13)22)16-5-3-15(12-20-16)18(23)21-9-7-19-8-10-21/h3-6,11-12,19,22H,2,7-10H2,1H3. The largest absolute Gasteiger partial charge is 0.508 e. The minimum atomic E-state index is 0.0329. The molecule has 0 bridgehead atoms. The van der Waals surface area contributed by atoms with Crippen LogP contribution in [0.4, 0.5) is 0 Å². The number of amides is 1. The summed E-state index contributed by atoms with van der Waals surface area (Å²) in [6.07, 6.45) is 2.40. The molecule has 1 amide bonds. The van der Waals surface area contributed by atoms with Gasteiger partial charge in [-0.3, -0.25) is 9.78 Å². The lowest BCUT2D eigenvalue weighted by Gasteiger charge is -2.27. The number of nitrogens with zero attached hydrogens (tertiary/aromatic N) is 2. The van der Waals surface area contributed by atoms with Crippen molar-refractivity contribution < 1.29 is 9.90 Å². The Kier molecular flexibility index (Phi) is 4.57. The van der Waals surface area contributed by atoms with Crippen LogP contribution < -0.4 is 5.32 Å². The summed E-state index contributed by atoms with van der Waals surface area (Å²) in [7, 11) is 0. The minimum absolute atomic E-state index is 0.0329. The SMILES string of the molecule is CCc1cc(-c2ccc(C(=O)N3CCNCC3)cn2)ccc1O. The van der Waals surface area contributed by atoms with E-state index in [1.807, 2.05) is 36.1 Å². The Morgan fingerprint density at radius 2 is 2.04 bits per heavy atom. The van der Waals surface area contributed by atoms with Crippen LogP contribution in [0.2, 0.25) is 0 Å². The van der Waals surface area contributed by atoms with Gasteiger partial charge < -0.3 is 15.3 Å². The number of carbonyl (C=O) groups is 1. The van der Waals surface area contributed by atoms with E-state index >= 15 is 0 Å². The summed E-state index contributed by atoms with van der Waals surface area (Å²) in [5.74, 6) is 0.340. The Labute approximate surface area is 136 Å². The van der Waals surface area contributed by atoms with Crippen molar-refractivity contribution in [2.45, 2.75) is 13.3 Å². The summed E-state index contributed by atoms with van der Waals surface area (Å²) >= 11 is 0. The van der Waals surface area contributed by atoms with E-state index in [0.29, 0.717) is 11.3 Å². The van der Waals surface area contributed by atoms with E-state index in [9.17, 15) is 9.90 Å². The highest BCUT2D eigenvalue weighted by atomic mass is 16.3. The molecule has 1 aliphatic rings. The summed E-state index contributed by atoms with van der Waals surface area (Å²) in [6, 6.07) is 9.16. The first kappa shape index (κ1) is 15.5. The van der Waals surface area contributed by atoms with Crippen molar-refractivity contribution in [1.29, 1.82) is 0 Å². The van der Waals surface area contributed by atoms with Gasteiger partial charge in [-0.2, -0.15) is 0 Å². The molecule has 5 nitrogen and oxygen atoms in total. The van der Waals surface area contributed by atoms with E-state index in [2.05, 4.69) is 10.3 Å². The Morgan fingerprint density at radius 3 is 2.70 bits per heavy atom. The van der Waals surface area contributed by atoms with Crippen molar-refractivity contribution in [1.82, 2.24) is 15.2 Å². The van der Waals surface area contributed by atoms with Crippen molar-refractivity contribution in [3.05, 3.63) is 47.7 Å². The van der Waals surface area contributed by atoms with Crippen LogP contribution in [-0.2, 0) is 6.42 Å². The fourth-order valence-electron chi connectivity index (χ4n) is 2.77. The quantitative estimate of drug-likeness (QED) is 0.910. The second-order valence-corrected chi connectivity index (χ2v) is 5.67. The molecule has 1 aromatic heterocycles. The molecule has 0 unspecified atom stereocenters. The van der Waals surface area contributed by atoms with Crippen molar-refractivity contribution >= 4 is 5.91 Å². The molecule has 0 spiro atoms. The van der Waals surface area contributed by atoms with Gasteiger partial charge in [0.1, 0.15) is 5.75 Å². The number of aryl methyl sites for hydroxylation is 1. The van der Waals surface area contributed by atoms with Crippen molar-refractivity contribution in [3.8, 4) is 17.0 Å². The molecule has 0 atom stereocenters. The van der Waals surface area contributed by atoms with Crippen LogP contribution in [0.1, 0.15) is 22.8 Å². The Balaban J connectivity index is 1.80. The zero-order valence-electron chi connectivity index (χ0n) is 13.2. The van der Waals surface area contributed by atoms with Crippen LogP contribution in [0.25, 0.3) is 11.3 Å². The molecular weight excluding hydrogens is 290 g/mol. The zero-order chi connectivity index (χ0) is 16.2. The number of pyridine rings is 1. The molecule has 2 heterocycles. The lowest BCUT2D eigenvalue weighted by atomic mass is 10.0. The van der Waals surface area contributed by atoms with Gasteiger partial charge in [0.25, 0.3) is 5.91 Å². The maximum absolute atomic E-state index is 12.4. The number of phenolic OH excluding ortho intramolecular Hbond substituents is 1. The second-order valence-electron chi connectivity index (χ2n) is 5.67. The topological polar surface area (TPSA) is 65.5 Å². The molecule has 1 fully saturated rings. The summed E-state index contributed by atoms with van der Waals surface area (Å²) < 4.78 is 0. The highest BCUT2D eigenvalue weighted by molar-refractivity contribution is 5.94. The summed E-state index contributed by atoms with van der Waals surface area (Å²) in [5.41, 5.74) is 3.26. The molecule has 3 rings (SSSR count). The molecule has 1 aromatic carbocycles. The minimum Gasteiger partial charge on any atom is -0.508 e. The molecule has 1 saturated heterocycles. The van der Waals surface area contributed by atoms with E-state index in [4.69, 9.17) is 0 Å². The Hall–Kier alpha value is -2.40. The van der Waals surface area contributed by atoms with E-state index in [1.54, 1.807) is 12.3 Å². The number of aromatic nitrogens is 1. The number of hydrogen-bond acceptors (Lipinski definition) is 4. The number of benzene rings is 1. The molecule has 5 heteroatoms. The second kappa shape index (κ2) is 6.79. The predicted octanol–water partition coefficient (Wildman–Crippen LogP) is 2.06. The smallest absolute Gasteiger partial charge is 0.255 e. The first-order valence-electron chi connectivity index (χ1n) is 7.97. The van der Waals surface area contributed by atoms with Gasteiger partial charge in [-0.25, -0.2) is 0 Å². The van der Waals surface area contributed by atoms with E-state index in [0.717, 1.165) is 49.4 Å². The summed E-state index contributed by atoms with van der Waals surface area (Å²) in [4.78, 5) is 18.7. The van der Waals surface area contributed by atoms with Crippen LogP contribution >= 0.6 is 0 Å². The maximum Gasteiger partial charge on any atom is 0.255 e. The number of hydrogen-bond donors (Lipinski definition) is 2. The maximum atomic E-state index is 12.4. The number of nitrogens with one attached hydrogen (secondary N) is 1. The monoisotopic (exact) mass is 311 g/mol. The van der Waals surface area contributed by atoms with Crippen LogP contribution in [0.3, 0.4) is 0 Å². The molecule has 120 valence electrons. The predicted molar refractivity (Wildman–Crippen MR) is 89.5 cm³/mol. The molecule has 0 saturated carbocycles. The van der Waals surface area contributed by atoms with Crippen molar-refractivity contribution in [2.24, 2.45) is 0 Å². The number of phenols is 1. The van der Waals surface area contributed by atoms with Gasteiger partial charge in [-0.15, -0.1) is 0 Å². The molecule has 0 radical (unpaired) electrons. The van der Waals surface area contributed by atoms with E-state index in [-0.39, 0.29) is 5.91 Å². The summed E-state index contributed by atoms with van der Waals surface area (Å²) in [6.45, 7) is 5.15. The van der Waals surface area contributed by atoms with Gasteiger partial charge in [0, 0.05) is 37.9 Å². The van der Waals surface area contributed by atoms with Crippen LogP contribution in [-0.4, -0.2) is 47.1 Å². The number of piperazine rings is 1. The first-order chi connectivity index (χ1) is 11.2. The number of rotatable bonds is 3. The molecule has 0 aliphatic carbocycles. The van der Waals surface area contributed by atoms with Gasteiger partial charge >= 0.3 is 0 Å². The Morgan fingerprint density at radius 1 is 1.26 bits per heavy atom. The van der Waals surface area contributed by atoms with Gasteiger partial charge in [-0.1, -0.05) is 6.92 Å².